The van der Waals surface area contributed by atoms with E-state index in [0.717, 1.165) is 25.3 Å². The van der Waals surface area contributed by atoms with Crippen molar-refractivity contribution >= 4 is 6.08 Å². The summed E-state index contributed by atoms with van der Waals surface area (Å²) in [4.78, 5) is 2.70. The summed E-state index contributed by atoms with van der Waals surface area (Å²) in [5.74, 6) is 0. The quantitative estimate of drug-likeness (QED) is 0.877. The van der Waals surface area contributed by atoms with Crippen molar-refractivity contribution in [3.63, 3.8) is 0 Å². The van der Waals surface area contributed by atoms with Gasteiger partial charge in [-0.1, -0.05) is 55.2 Å². The zero-order valence-corrected chi connectivity index (χ0v) is 14.8. The Kier molecular flexibility index (Phi) is 4.78. The number of aliphatic hydroxyl groups is 1. The number of hydrogen-bond acceptors (Lipinski definition) is 2. The zero-order chi connectivity index (χ0) is 16.4. The molecule has 1 saturated heterocycles. The summed E-state index contributed by atoms with van der Waals surface area (Å²) in [5.41, 5.74) is 3.77. The summed E-state index contributed by atoms with van der Waals surface area (Å²) >= 11 is 0. The van der Waals surface area contributed by atoms with Crippen LogP contribution in [0.15, 0.2) is 29.8 Å². The van der Waals surface area contributed by atoms with Gasteiger partial charge < -0.3 is 5.11 Å². The smallest absolute Gasteiger partial charge is 0.0688 e. The fraction of sp³-hybridized carbons (Fsp3) is 0.636. The first kappa shape index (κ1) is 16.4. The Labute approximate surface area is 146 Å². The number of likely N-dealkylation sites (tertiary alicyclic amines) is 1. The van der Waals surface area contributed by atoms with E-state index in [-0.39, 0.29) is 0 Å². The molecule has 0 spiro atoms. The molecule has 2 heteroatoms. The second kappa shape index (κ2) is 7.01. The van der Waals surface area contributed by atoms with Crippen LogP contribution in [0.5, 0.6) is 0 Å². The van der Waals surface area contributed by atoms with E-state index >= 15 is 0 Å². The van der Waals surface area contributed by atoms with Gasteiger partial charge in [0.15, 0.2) is 0 Å². The lowest BCUT2D eigenvalue weighted by Gasteiger charge is -2.40. The number of rotatable bonds is 4. The molecule has 24 heavy (non-hydrogen) atoms. The lowest BCUT2D eigenvalue weighted by molar-refractivity contribution is 0.0482. The topological polar surface area (TPSA) is 23.5 Å². The summed E-state index contributed by atoms with van der Waals surface area (Å²) in [6.07, 6.45) is 14.3. The van der Waals surface area contributed by atoms with Gasteiger partial charge in [0.25, 0.3) is 0 Å². The highest BCUT2D eigenvalue weighted by Crippen LogP contribution is 2.33. The summed E-state index contributed by atoms with van der Waals surface area (Å²) in [5, 5.41) is 10.6. The van der Waals surface area contributed by atoms with Crippen LogP contribution in [0.3, 0.4) is 0 Å². The van der Waals surface area contributed by atoms with E-state index in [0.29, 0.717) is 0 Å². The maximum Gasteiger partial charge on any atom is 0.0688 e. The second-order valence-electron chi connectivity index (χ2n) is 8.27. The molecule has 0 bridgehead atoms. The Hall–Kier alpha value is -1.12. The number of hydrogen-bond donors (Lipinski definition) is 1. The number of nitrogens with zero attached hydrogens (tertiary/aromatic N) is 1. The third-order valence-corrected chi connectivity index (χ3v) is 6.45. The molecular formula is C22H31NO. The van der Waals surface area contributed by atoms with Crippen LogP contribution in [0, 0.1) is 0 Å². The van der Waals surface area contributed by atoms with Gasteiger partial charge in [0.2, 0.25) is 0 Å². The van der Waals surface area contributed by atoms with E-state index in [9.17, 15) is 5.11 Å². The predicted molar refractivity (Wildman–Crippen MR) is 100.0 cm³/mol. The fourth-order valence-corrected chi connectivity index (χ4v) is 4.63. The molecule has 0 aromatic heterocycles. The third-order valence-electron chi connectivity index (χ3n) is 6.45. The van der Waals surface area contributed by atoms with E-state index in [1.54, 1.807) is 5.57 Å². The number of benzene rings is 1. The van der Waals surface area contributed by atoms with Crippen LogP contribution < -0.4 is 0 Å². The van der Waals surface area contributed by atoms with Crippen LogP contribution in [-0.2, 0) is 6.42 Å². The Bertz CT molecular complexity index is 568. The van der Waals surface area contributed by atoms with Crippen molar-refractivity contribution in [2.75, 3.05) is 13.1 Å². The molecule has 130 valence electrons. The normalized spacial score (nSPS) is 24.8. The van der Waals surface area contributed by atoms with Crippen LogP contribution in [0.1, 0.15) is 68.9 Å². The van der Waals surface area contributed by atoms with E-state index in [4.69, 9.17) is 0 Å². The molecule has 1 N–H and O–H groups in total. The van der Waals surface area contributed by atoms with Crippen LogP contribution in [0.4, 0.5) is 0 Å². The maximum atomic E-state index is 10.6. The summed E-state index contributed by atoms with van der Waals surface area (Å²) in [7, 11) is 0. The predicted octanol–water partition coefficient (Wildman–Crippen LogP) is 4.57. The average molecular weight is 325 g/mol. The summed E-state index contributed by atoms with van der Waals surface area (Å²) in [6.45, 7) is 2.50. The minimum absolute atomic E-state index is 0.436. The first-order chi connectivity index (χ1) is 11.7. The van der Waals surface area contributed by atoms with E-state index in [1.165, 1.54) is 69.2 Å². The highest BCUT2D eigenvalue weighted by molar-refractivity contribution is 5.53. The minimum Gasteiger partial charge on any atom is -0.390 e. The highest BCUT2D eigenvalue weighted by atomic mass is 16.3. The van der Waals surface area contributed by atoms with Crippen LogP contribution in [0.2, 0.25) is 0 Å². The Morgan fingerprint density at radius 2 is 1.67 bits per heavy atom. The van der Waals surface area contributed by atoms with E-state index < -0.39 is 5.60 Å². The molecular weight excluding hydrogens is 294 g/mol. The van der Waals surface area contributed by atoms with Crippen molar-refractivity contribution in [1.82, 2.24) is 4.90 Å². The molecule has 1 aromatic carbocycles. The molecule has 1 aliphatic heterocycles. The van der Waals surface area contributed by atoms with Crippen molar-refractivity contribution in [2.45, 2.75) is 75.9 Å². The van der Waals surface area contributed by atoms with Crippen LogP contribution in [-0.4, -0.2) is 34.7 Å². The van der Waals surface area contributed by atoms with Crippen molar-refractivity contribution in [1.29, 1.82) is 0 Å². The maximum absolute atomic E-state index is 10.6. The molecule has 0 unspecified atom stereocenters. The first-order valence-electron chi connectivity index (χ1n) is 9.95. The van der Waals surface area contributed by atoms with Gasteiger partial charge in [-0.25, -0.2) is 0 Å². The van der Waals surface area contributed by atoms with Crippen molar-refractivity contribution < 1.29 is 5.11 Å². The lowest BCUT2D eigenvalue weighted by Crippen LogP contribution is -2.43. The summed E-state index contributed by atoms with van der Waals surface area (Å²) < 4.78 is 0. The van der Waals surface area contributed by atoms with Crippen LogP contribution in [0.25, 0.3) is 6.08 Å². The molecule has 2 saturated carbocycles. The van der Waals surface area contributed by atoms with Gasteiger partial charge in [0.05, 0.1) is 5.60 Å². The van der Waals surface area contributed by atoms with Gasteiger partial charge in [-0.2, -0.15) is 0 Å². The van der Waals surface area contributed by atoms with Gasteiger partial charge in [0.1, 0.15) is 0 Å². The van der Waals surface area contributed by atoms with Gasteiger partial charge >= 0.3 is 0 Å². The molecule has 3 fully saturated rings. The van der Waals surface area contributed by atoms with Gasteiger partial charge in [-0.3, -0.25) is 4.90 Å². The lowest BCUT2D eigenvalue weighted by atomic mass is 9.89. The van der Waals surface area contributed by atoms with E-state index in [2.05, 4.69) is 35.2 Å². The van der Waals surface area contributed by atoms with Gasteiger partial charge in [0, 0.05) is 25.6 Å². The highest BCUT2D eigenvalue weighted by Gasteiger charge is 2.31. The zero-order valence-electron chi connectivity index (χ0n) is 14.8. The van der Waals surface area contributed by atoms with Crippen molar-refractivity contribution in [3.05, 3.63) is 41.0 Å². The Balaban J connectivity index is 1.33. The molecule has 2 nitrogen and oxygen atoms in total. The monoisotopic (exact) mass is 325 g/mol. The first-order valence-corrected chi connectivity index (χ1v) is 9.95. The fourth-order valence-electron chi connectivity index (χ4n) is 4.63. The van der Waals surface area contributed by atoms with Crippen molar-refractivity contribution in [2.24, 2.45) is 0 Å². The second-order valence-corrected chi connectivity index (χ2v) is 8.27. The Morgan fingerprint density at radius 1 is 1.00 bits per heavy atom. The molecule has 1 aromatic rings. The molecule has 1 heterocycles. The molecule has 3 aliphatic rings. The summed E-state index contributed by atoms with van der Waals surface area (Å²) in [6, 6.07) is 9.79. The number of piperidine rings is 1. The minimum atomic E-state index is -0.436. The SMILES string of the molecule is OC1(Cc2ccc(C=C3CCN(C4CCC4)CC3)cc2)CCCC1. The Morgan fingerprint density at radius 3 is 2.25 bits per heavy atom. The van der Waals surface area contributed by atoms with Gasteiger partial charge in [-0.15, -0.1) is 0 Å². The molecule has 0 amide bonds. The molecule has 0 atom stereocenters. The molecule has 2 aliphatic carbocycles. The van der Waals surface area contributed by atoms with Crippen molar-refractivity contribution in [3.8, 4) is 0 Å². The third kappa shape index (κ3) is 3.75. The van der Waals surface area contributed by atoms with E-state index in [1.807, 2.05) is 0 Å². The standard InChI is InChI=1S/C22H31NO/c24-22(12-1-2-13-22)17-20-8-6-18(7-9-20)16-19-10-14-23(15-11-19)21-4-3-5-21/h6-9,16,21,24H,1-5,10-15,17H2. The largest absolute Gasteiger partial charge is 0.390 e. The van der Waals surface area contributed by atoms with Crippen LogP contribution >= 0.6 is 0 Å². The average Bonchev–Trinajstić information content (AvgIpc) is 2.96. The van der Waals surface area contributed by atoms with Gasteiger partial charge in [-0.05, 0) is 49.7 Å². The molecule has 4 rings (SSSR count). The molecule has 0 radical (unpaired) electrons.